The van der Waals surface area contributed by atoms with Crippen LogP contribution in [0.2, 0.25) is 0 Å². The normalized spacial score (nSPS) is 11.4. The Morgan fingerprint density at radius 2 is 1.47 bits per heavy atom. The molecule has 0 saturated heterocycles. The van der Waals surface area contributed by atoms with Gasteiger partial charge in [0.2, 0.25) is 0 Å². The maximum absolute atomic E-state index is 12.6. The van der Waals surface area contributed by atoms with E-state index in [0.717, 1.165) is 31.6 Å². The second-order valence-corrected chi connectivity index (χ2v) is 8.58. The highest BCUT2D eigenvalue weighted by Crippen LogP contribution is 2.34. The van der Waals surface area contributed by atoms with Crippen LogP contribution in [0.4, 0.5) is 29.3 Å². The Balaban J connectivity index is 1.35. The van der Waals surface area contributed by atoms with E-state index in [1.54, 1.807) is 23.5 Å². The molecular formula is C21H14F3N3OS2. The van der Waals surface area contributed by atoms with Crippen molar-refractivity contribution in [2.45, 2.75) is 15.4 Å². The summed E-state index contributed by atoms with van der Waals surface area (Å²) in [6.07, 6.45) is -4.41. The number of benzene rings is 3. The third-order valence-corrected chi connectivity index (χ3v) is 6.17. The molecule has 0 fully saturated rings. The molecule has 30 heavy (non-hydrogen) atoms. The number of aromatic nitrogens is 1. The van der Waals surface area contributed by atoms with Gasteiger partial charge in [0.15, 0.2) is 4.34 Å². The van der Waals surface area contributed by atoms with Crippen molar-refractivity contribution in [1.82, 2.24) is 4.98 Å². The summed E-state index contributed by atoms with van der Waals surface area (Å²) in [7, 11) is 0. The maximum Gasteiger partial charge on any atom is 0.416 e. The van der Waals surface area contributed by atoms with E-state index in [1.807, 2.05) is 36.4 Å². The van der Waals surface area contributed by atoms with Crippen LogP contribution in [0.1, 0.15) is 5.56 Å². The van der Waals surface area contributed by atoms with Crippen LogP contribution in [0.25, 0.3) is 10.2 Å². The molecule has 0 unspecified atom stereocenters. The Kier molecular flexibility index (Phi) is 5.65. The van der Waals surface area contributed by atoms with Gasteiger partial charge in [-0.2, -0.15) is 13.2 Å². The molecule has 0 saturated carbocycles. The lowest BCUT2D eigenvalue weighted by Gasteiger charge is -2.10. The van der Waals surface area contributed by atoms with E-state index in [0.29, 0.717) is 5.69 Å². The summed E-state index contributed by atoms with van der Waals surface area (Å²) in [4.78, 5) is 17.6. The Morgan fingerprint density at radius 3 is 2.07 bits per heavy atom. The number of amides is 2. The van der Waals surface area contributed by atoms with E-state index < -0.39 is 17.8 Å². The fraction of sp³-hybridized carbons (Fsp3) is 0.0476. The molecule has 152 valence electrons. The fourth-order valence-corrected chi connectivity index (χ4v) is 4.68. The lowest BCUT2D eigenvalue weighted by molar-refractivity contribution is -0.137. The lowest BCUT2D eigenvalue weighted by Crippen LogP contribution is -2.19. The monoisotopic (exact) mass is 445 g/mol. The summed E-state index contributed by atoms with van der Waals surface area (Å²) in [6, 6.07) is 18.9. The van der Waals surface area contributed by atoms with Crippen molar-refractivity contribution in [3.05, 3.63) is 78.4 Å². The number of alkyl halides is 3. The zero-order valence-electron chi connectivity index (χ0n) is 15.2. The van der Waals surface area contributed by atoms with Gasteiger partial charge in [0.25, 0.3) is 0 Å². The molecule has 0 aliphatic heterocycles. The zero-order chi connectivity index (χ0) is 21.1. The standard InChI is InChI=1S/C21H14F3N3OS2/c22-21(23,24)13-5-7-14(8-6-13)25-19(28)26-15-9-11-16(12-10-15)29-20-27-17-3-1-2-4-18(17)30-20/h1-12H,(H2,25,26,28). The quantitative estimate of drug-likeness (QED) is 0.352. The first kappa shape index (κ1) is 20.2. The van der Waals surface area contributed by atoms with Crippen LogP contribution in [0.5, 0.6) is 0 Å². The van der Waals surface area contributed by atoms with Crippen LogP contribution in [0, 0.1) is 0 Å². The van der Waals surface area contributed by atoms with Crippen LogP contribution in [-0.2, 0) is 6.18 Å². The summed E-state index contributed by atoms with van der Waals surface area (Å²) in [5.74, 6) is 0. The van der Waals surface area contributed by atoms with Crippen molar-refractivity contribution >= 4 is 50.7 Å². The largest absolute Gasteiger partial charge is 0.416 e. The van der Waals surface area contributed by atoms with E-state index in [2.05, 4.69) is 15.6 Å². The number of anilines is 2. The molecule has 0 spiro atoms. The van der Waals surface area contributed by atoms with Gasteiger partial charge in [-0.1, -0.05) is 23.9 Å². The molecule has 2 amide bonds. The molecular weight excluding hydrogens is 431 g/mol. The molecule has 2 N–H and O–H groups in total. The Hall–Kier alpha value is -3.04. The van der Waals surface area contributed by atoms with Crippen LogP contribution in [0.15, 0.2) is 82.0 Å². The molecule has 1 aromatic heterocycles. The molecule has 9 heteroatoms. The number of rotatable bonds is 4. The Bertz CT molecular complexity index is 1140. The molecule has 4 rings (SSSR count). The second-order valence-electron chi connectivity index (χ2n) is 6.23. The Morgan fingerprint density at radius 1 is 0.867 bits per heavy atom. The van der Waals surface area contributed by atoms with Gasteiger partial charge >= 0.3 is 12.2 Å². The predicted molar refractivity (Wildman–Crippen MR) is 114 cm³/mol. The minimum Gasteiger partial charge on any atom is -0.308 e. The summed E-state index contributed by atoms with van der Waals surface area (Å²) >= 11 is 3.15. The predicted octanol–water partition coefficient (Wildman–Crippen LogP) is 7.11. The van der Waals surface area contributed by atoms with Crippen molar-refractivity contribution in [2.24, 2.45) is 0 Å². The molecule has 0 aliphatic rings. The number of fused-ring (bicyclic) bond motifs is 1. The molecule has 0 radical (unpaired) electrons. The number of thiazole rings is 1. The number of nitrogens with one attached hydrogen (secondary N) is 2. The van der Waals surface area contributed by atoms with E-state index in [9.17, 15) is 18.0 Å². The number of hydrogen-bond donors (Lipinski definition) is 2. The van der Waals surface area contributed by atoms with Crippen LogP contribution < -0.4 is 10.6 Å². The van der Waals surface area contributed by atoms with Gasteiger partial charge in [-0.25, -0.2) is 9.78 Å². The van der Waals surface area contributed by atoms with Gasteiger partial charge < -0.3 is 10.6 Å². The van der Waals surface area contributed by atoms with Crippen molar-refractivity contribution in [3.63, 3.8) is 0 Å². The Labute approximate surface area is 178 Å². The number of para-hydroxylation sites is 1. The van der Waals surface area contributed by atoms with Gasteiger partial charge in [0, 0.05) is 16.3 Å². The summed E-state index contributed by atoms with van der Waals surface area (Å²) in [6.45, 7) is 0. The summed E-state index contributed by atoms with van der Waals surface area (Å²) < 4.78 is 39.8. The summed E-state index contributed by atoms with van der Waals surface area (Å²) in [5.41, 5.74) is 1.02. The molecule has 0 atom stereocenters. The first-order chi connectivity index (χ1) is 14.4. The summed E-state index contributed by atoms with van der Waals surface area (Å²) in [5, 5.41) is 5.16. The van der Waals surface area contributed by atoms with Crippen LogP contribution in [0.3, 0.4) is 0 Å². The van der Waals surface area contributed by atoms with Gasteiger partial charge in [0.05, 0.1) is 15.8 Å². The van der Waals surface area contributed by atoms with Crippen LogP contribution in [-0.4, -0.2) is 11.0 Å². The molecule has 0 bridgehead atoms. The van der Waals surface area contributed by atoms with E-state index >= 15 is 0 Å². The molecule has 4 aromatic rings. The van der Waals surface area contributed by atoms with Gasteiger partial charge in [0.1, 0.15) is 0 Å². The fourth-order valence-electron chi connectivity index (χ4n) is 2.64. The highest BCUT2D eigenvalue weighted by atomic mass is 32.2. The molecule has 1 heterocycles. The zero-order valence-corrected chi connectivity index (χ0v) is 16.9. The molecule has 4 nitrogen and oxygen atoms in total. The van der Waals surface area contributed by atoms with E-state index in [1.165, 1.54) is 23.9 Å². The van der Waals surface area contributed by atoms with E-state index in [-0.39, 0.29) is 5.69 Å². The average Bonchev–Trinajstić information content (AvgIpc) is 3.11. The van der Waals surface area contributed by atoms with Crippen LogP contribution >= 0.6 is 23.1 Å². The van der Waals surface area contributed by atoms with E-state index in [4.69, 9.17) is 0 Å². The lowest BCUT2D eigenvalue weighted by atomic mass is 10.2. The van der Waals surface area contributed by atoms with Crippen molar-refractivity contribution < 1.29 is 18.0 Å². The minimum atomic E-state index is -4.41. The second kappa shape index (κ2) is 8.37. The maximum atomic E-state index is 12.6. The van der Waals surface area contributed by atoms with Crippen molar-refractivity contribution in [2.75, 3.05) is 10.6 Å². The number of nitrogens with zero attached hydrogens (tertiary/aromatic N) is 1. The number of carbonyl (C=O) groups is 1. The average molecular weight is 445 g/mol. The van der Waals surface area contributed by atoms with Gasteiger partial charge in [-0.3, -0.25) is 0 Å². The highest BCUT2D eigenvalue weighted by molar-refractivity contribution is 8.01. The first-order valence-corrected chi connectivity index (χ1v) is 10.4. The van der Waals surface area contributed by atoms with Crippen molar-refractivity contribution in [3.8, 4) is 0 Å². The SMILES string of the molecule is O=C(Nc1ccc(Sc2nc3ccccc3s2)cc1)Nc1ccc(C(F)(F)F)cc1. The highest BCUT2D eigenvalue weighted by Gasteiger charge is 2.29. The number of halogens is 3. The molecule has 0 aliphatic carbocycles. The number of urea groups is 1. The van der Waals surface area contributed by atoms with Gasteiger partial charge in [-0.05, 0) is 60.7 Å². The minimum absolute atomic E-state index is 0.267. The number of hydrogen-bond acceptors (Lipinski definition) is 4. The first-order valence-electron chi connectivity index (χ1n) is 8.75. The third kappa shape index (κ3) is 4.92. The molecule has 3 aromatic carbocycles. The third-order valence-electron chi connectivity index (χ3n) is 4.06. The van der Waals surface area contributed by atoms with Gasteiger partial charge in [-0.15, -0.1) is 11.3 Å². The number of carbonyl (C=O) groups excluding carboxylic acids is 1. The smallest absolute Gasteiger partial charge is 0.308 e. The topological polar surface area (TPSA) is 54.0 Å². The van der Waals surface area contributed by atoms with Crippen molar-refractivity contribution in [1.29, 1.82) is 0 Å².